The third-order valence-electron chi connectivity index (χ3n) is 2.25. The first-order chi connectivity index (χ1) is 8.69. The molecule has 1 aromatic rings. The summed E-state index contributed by atoms with van der Waals surface area (Å²) in [7, 11) is 0. The summed E-state index contributed by atoms with van der Waals surface area (Å²) in [6.07, 6.45) is 1.02. The fourth-order valence-electron chi connectivity index (χ4n) is 1.39. The van der Waals surface area contributed by atoms with Crippen LogP contribution in [0.5, 0.6) is 5.75 Å². The van der Waals surface area contributed by atoms with Crippen LogP contribution in [-0.2, 0) is 0 Å². The van der Waals surface area contributed by atoms with E-state index in [1.54, 1.807) is 0 Å². The molecule has 1 aromatic carbocycles. The van der Waals surface area contributed by atoms with E-state index in [-0.39, 0.29) is 17.0 Å². The number of nitro benzene ring substituents is 1. The number of nitro groups is 1. The van der Waals surface area contributed by atoms with Crippen LogP contribution in [0.2, 0.25) is 0 Å². The molecule has 0 unspecified atom stereocenters. The Balaban J connectivity index is 2.65. The van der Waals surface area contributed by atoms with Crippen LogP contribution in [0, 0.1) is 21.4 Å². The molecule has 96 valence electrons. The summed E-state index contributed by atoms with van der Waals surface area (Å²) in [5.74, 6) is 0.192. The second-order valence-electron chi connectivity index (χ2n) is 3.65. The number of hydrogen-bond acceptors (Lipinski definition) is 5. The maximum absolute atomic E-state index is 10.8. The Hall–Kier alpha value is -2.13. The zero-order valence-corrected chi connectivity index (χ0v) is 10.2. The summed E-state index contributed by atoms with van der Waals surface area (Å²) >= 11 is 0. The summed E-state index contributed by atoms with van der Waals surface area (Å²) in [5, 5.41) is 22.6. The standard InChI is InChI=1S/C12H15N3O3/c1-2-5-14-6-7-18-12-4-3-10(9-13)8-11(12)15(16)17/h3-4,8,14H,2,5-7H2,1H3. The lowest BCUT2D eigenvalue weighted by Gasteiger charge is -2.07. The van der Waals surface area contributed by atoms with Gasteiger partial charge in [-0.25, -0.2) is 0 Å². The van der Waals surface area contributed by atoms with E-state index in [0.717, 1.165) is 13.0 Å². The number of rotatable bonds is 7. The summed E-state index contributed by atoms with van der Waals surface area (Å²) in [5.41, 5.74) is 0.0719. The third-order valence-corrected chi connectivity index (χ3v) is 2.25. The van der Waals surface area contributed by atoms with Crippen molar-refractivity contribution in [2.45, 2.75) is 13.3 Å². The third kappa shape index (κ3) is 4.03. The number of hydrogen-bond donors (Lipinski definition) is 1. The first-order valence-corrected chi connectivity index (χ1v) is 5.71. The van der Waals surface area contributed by atoms with E-state index >= 15 is 0 Å². The van der Waals surface area contributed by atoms with Crippen molar-refractivity contribution < 1.29 is 9.66 Å². The summed E-state index contributed by atoms with van der Waals surface area (Å²) < 4.78 is 5.33. The van der Waals surface area contributed by atoms with Gasteiger partial charge in [-0.05, 0) is 25.1 Å². The molecule has 0 spiro atoms. The van der Waals surface area contributed by atoms with Gasteiger partial charge in [0.2, 0.25) is 0 Å². The molecule has 0 fully saturated rings. The van der Waals surface area contributed by atoms with Crippen molar-refractivity contribution in [2.24, 2.45) is 0 Å². The van der Waals surface area contributed by atoms with Gasteiger partial charge < -0.3 is 10.1 Å². The number of nitrogens with zero attached hydrogens (tertiary/aromatic N) is 2. The van der Waals surface area contributed by atoms with Gasteiger partial charge in [-0.15, -0.1) is 0 Å². The monoisotopic (exact) mass is 249 g/mol. The summed E-state index contributed by atoms with van der Waals surface area (Å²) in [6, 6.07) is 6.03. The van der Waals surface area contributed by atoms with Crippen LogP contribution in [-0.4, -0.2) is 24.6 Å². The second kappa shape index (κ2) is 7.25. The lowest BCUT2D eigenvalue weighted by atomic mass is 10.2. The molecule has 0 amide bonds. The average Bonchev–Trinajstić information content (AvgIpc) is 2.38. The molecule has 0 atom stereocenters. The lowest BCUT2D eigenvalue weighted by molar-refractivity contribution is -0.385. The second-order valence-corrected chi connectivity index (χ2v) is 3.65. The first-order valence-electron chi connectivity index (χ1n) is 5.71. The van der Waals surface area contributed by atoms with E-state index in [2.05, 4.69) is 12.2 Å². The largest absolute Gasteiger partial charge is 0.485 e. The molecule has 0 aliphatic carbocycles. The van der Waals surface area contributed by atoms with Gasteiger partial charge in [0.1, 0.15) is 6.61 Å². The van der Waals surface area contributed by atoms with E-state index in [9.17, 15) is 10.1 Å². The molecular formula is C12H15N3O3. The van der Waals surface area contributed by atoms with Crippen molar-refractivity contribution in [3.63, 3.8) is 0 Å². The molecule has 1 rings (SSSR count). The zero-order chi connectivity index (χ0) is 13.4. The highest BCUT2D eigenvalue weighted by Crippen LogP contribution is 2.27. The molecule has 0 saturated heterocycles. The Bertz CT molecular complexity index is 454. The number of ether oxygens (including phenoxy) is 1. The Kier molecular flexibility index (Phi) is 5.61. The average molecular weight is 249 g/mol. The molecule has 0 heterocycles. The Morgan fingerprint density at radius 3 is 2.89 bits per heavy atom. The molecular weight excluding hydrogens is 234 g/mol. The van der Waals surface area contributed by atoms with Crippen LogP contribution in [0.15, 0.2) is 18.2 Å². The molecule has 0 aliphatic heterocycles. The highest BCUT2D eigenvalue weighted by molar-refractivity contribution is 5.51. The zero-order valence-electron chi connectivity index (χ0n) is 10.2. The van der Waals surface area contributed by atoms with Crippen molar-refractivity contribution in [3.05, 3.63) is 33.9 Å². The van der Waals surface area contributed by atoms with Crippen LogP contribution in [0.1, 0.15) is 18.9 Å². The fourth-order valence-corrected chi connectivity index (χ4v) is 1.39. The van der Waals surface area contributed by atoms with E-state index in [0.29, 0.717) is 13.2 Å². The highest BCUT2D eigenvalue weighted by Gasteiger charge is 2.15. The SMILES string of the molecule is CCCNCCOc1ccc(C#N)cc1[N+](=O)[O-]. The van der Waals surface area contributed by atoms with Crippen LogP contribution in [0.4, 0.5) is 5.69 Å². The van der Waals surface area contributed by atoms with Crippen molar-refractivity contribution in [1.82, 2.24) is 5.32 Å². The summed E-state index contributed by atoms with van der Waals surface area (Å²) in [4.78, 5) is 10.3. The van der Waals surface area contributed by atoms with Gasteiger partial charge in [-0.3, -0.25) is 10.1 Å². The Morgan fingerprint density at radius 1 is 1.50 bits per heavy atom. The molecule has 0 radical (unpaired) electrons. The highest BCUT2D eigenvalue weighted by atomic mass is 16.6. The maximum Gasteiger partial charge on any atom is 0.312 e. The molecule has 1 N–H and O–H groups in total. The lowest BCUT2D eigenvalue weighted by Crippen LogP contribution is -2.21. The summed E-state index contributed by atoms with van der Waals surface area (Å²) in [6.45, 7) is 3.93. The molecule has 0 bridgehead atoms. The molecule has 0 saturated carbocycles. The van der Waals surface area contributed by atoms with Crippen molar-refractivity contribution in [3.8, 4) is 11.8 Å². The van der Waals surface area contributed by atoms with Gasteiger partial charge in [0.15, 0.2) is 5.75 Å². The van der Waals surface area contributed by atoms with Crippen LogP contribution in [0.3, 0.4) is 0 Å². The van der Waals surface area contributed by atoms with Crippen molar-refractivity contribution >= 4 is 5.69 Å². The molecule has 6 heteroatoms. The minimum Gasteiger partial charge on any atom is -0.485 e. The van der Waals surface area contributed by atoms with Gasteiger partial charge >= 0.3 is 5.69 Å². The van der Waals surface area contributed by atoms with Gasteiger partial charge in [0, 0.05) is 12.6 Å². The quantitative estimate of drug-likeness (QED) is 0.452. The Labute approximate surface area is 105 Å². The van der Waals surface area contributed by atoms with E-state index in [1.807, 2.05) is 6.07 Å². The number of nitriles is 1. The van der Waals surface area contributed by atoms with Gasteiger partial charge in [0.05, 0.1) is 16.6 Å². The molecule has 0 aromatic heterocycles. The predicted octanol–water partition coefficient (Wildman–Crippen LogP) is 1.84. The van der Waals surface area contributed by atoms with Gasteiger partial charge in [-0.2, -0.15) is 5.26 Å². The van der Waals surface area contributed by atoms with Crippen LogP contribution in [0.25, 0.3) is 0 Å². The minimum atomic E-state index is -0.546. The van der Waals surface area contributed by atoms with Crippen molar-refractivity contribution in [2.75, 3.05) is 19.7 Å². The maximum atomic E-state index is 10.8. The molecule has 6 nitrogen and oxygen atoms in total. The topological polar surface area (TPSA) is 88.2 Å². The molecule has 0 aliphatic rings. The van der Waals surface area contributed by atoms with E-state index in [1.165, 1.54) is 18.2 Å². The van der Waals surface area contributed by atoms with Gasteiger partial charge in [-0.1, -0.05) is 6.92 Å². The number of nitrogens with one attached hydrogen (secondary N) is 1. The van der Waals surface area contributed by atoms with Crippen molar-refractivity contribution in [1.29, 1.82) is 5.26 Å². The Morgan fingerprint density at radius 2 is 2.28 bits per heavy atom. The van der Waals surface area contributed by atoms with E-state index in [4.69, 9.17) is 10.00 Å². The van der Waals surface area contributed by atoms with Gasteiger partial charge in [0.25, 0.3) is 0 Å². The molecule has 18 heavy (non-hydrogen) atoms. The fraction of sp³-hybridized carbons (Fsp3) is 0.417. The predicted molar refractivity (Wildman–Crippen MR) is 66.5 cm³/mol. The minimum absolute atomic E-state index is 0.176. The normalized spacial score (nSPS) is 9.78. The van der Waals surface area contributed by atoms with Crippen LogP contribution >= 0.6 is 0 Å². The first kappa shape index (κ1) is 13.9. The smallest absolute Gasteiger partial charge is 0.312 e. The number of benzene rings is 1. The van der Waals surface area contributed by atoms with Crippen LogP contribution < -0.4 is 10.1 Å². The van der Waals surface area contributed by atoms with E-state index < -0.39 is 4.92 Å².